The SMILES string of the molecule is Cc1ccc(NC(=O)C2CC(=O)N(CCc3ccccc3)C(=Nc3ccc(F)cc3)S2)c(C)c1. The number of carbonyl (C=O) groups excluding carboxylic acids is 2. The van der Waals surface area contributed by atoms with Gasteiger partial charge in [0.2, 0.25) is 11.8 Å². The van der Waals surface area contributed by atoms with Crippen LogP contribution in [0.5, 0.6) is 0 Å². The van der Waals surface area contributed by atoms with E-state index in [2.05, 4.69) is 10.3 Å². The van der Waals surface area contributed by atoms with Crippen LogP contribution in [0.15, 0.2) is 77.8 Å². The molecule has 0 saturated carbocycles. The molecule has 3 aromatic carbocycles. The van der Waals surface area contributed by atoms with Gasteiger partial charge in [-0.2, -0.15) is 0 Å². The van der Waals surface area contributed by atoms with Crippen LogP contribution in [-0.4, -0.2) is 33.7 Å². The van der Waals surface area contributed by atoms with Crippen molar-refractivity contribution in [1.82, 2.24) is 4.90 Å². The summed E-state index contributed by atoms with van der Waals surface area (Å²) in [7, 11) is 0. The Morgan fingerprint density at radius 1 is 1.09 bits per heavy atom. The fraction of sp³-hybridized carbons (Fsp3) is 0.222. The summed E-state index contributed by atoms with van der Waals surface area (Å²) in [6, 6.07) is 21.5. The molecule has 1 atom stereocenters. The zero-order chi connectivity index (χ0) is 24.1. The summed E-state index contributed by atoms with van der Waals surface area (Å²) in [6.45, 7) is 4.38. The van der Waals surface area contributed by atoms with Gasteiger partial charge in [0.25, 0.3) is 0 Å². The number of aliphatic imine (C=N–C) groups is 1. The first-order valence-corrected chi connectivity index (χ1v) is 12.0. The molecule has 3 aromatic rings. The van der Waals surface area contributed by atoms with Crippen LogP contribution < -0.4 is 5.32 Å². The van der Waals surface area contributed by atoms with Crippen LogP contribution in [-0.2, 0) is 16.0 Å². The molecule has 1 unspecified atom stereocenters. The second kappa shape index (κ2) is 10.7. The molecule has 1 fully saturated rings. The second-order valence-corrected chi connectivity index (χ2v) is 9.44. The number of hydrogen-bond donors (Lipinski definition) is 1. The Morgan fingerprint density at radius 2 is 1.82 bits per heavy atom. The van der Waals surface area contributed by atoms with Crippen LogP contribution >= 0.6 is 11.8 Å². The molecule has 0 aromatic heterocycles. The molecular weight excluding hydrogens is 449 g/mol. The molecule has 1 aliphatic rings. The molecule has 7 heteroatoms. The van der Waals surface area contributed by atoms with Crippen molar-refractivity contribution in [2.45, 2.75) is 31.9 Å². The number of amides is 2. The maximum absolute atomic E-state index is 13.4. The first kappa shape index (κ1) is 23.7. The summed E-state index contributed by atoms with van der Waals surface area (Å²) in [5, 5.41) is 2.79. The summed E-state index contributed by atoms with van der Waals surface area (Å²) < 4.78 is 13.4. The predicted octanol–water partition coefficient (Wildman–Crippen LogP) is 5.65. The van der Waals surface area contributed by atoms with Gasteiger partial charge in [-0.05, 0) is 61.7 Å². The standard InChI is InChI=1S/C27H26FN3O2S/c1-18-8-13-23(19(2)16-18)30-26(33)24-17-25(32)31(15-14-20-6-4-3-5-7-20)27(34-24)29-22-11-9-21(28)10-12-22/h3-13,16,24H,14-15,17H2,1-2H3,(H,30,33). The summed E-state index contributed by atoms with van der Waals surface area (Å²) in [5.74, 6) is -0.751. The first-order valence-electron chi connectivity index (χ1n) is 11.1. The molecule has 34 heavy (non-hydrogen) atoms. The minimum absolute atomic E-state index is 0.0820. The van der Waals surface area contributed by atoms with Crippen LogP contribution in [0.3, 0.4) is 0 Å². The molecule has 1 saturated heterocycles. The predicted molar refractivity (Wildman–Crippen MR) is 136 cm³/mol. The number of nitrogens with zero attached hydrogens (tertiary/aromatic N) is 2. The Hall–Kier alpha value is -3.45. The van der Waals surface area contributed by atoms with Crippen LogP contribution in [0.4, 0.5) is 15.8 Å². The van der Waals surface area contributed by atoms with Gasteiger partial charge in [-0.15, -0.1) is 0 Å². The van der Waals surface area contributed by atoms with E-state index >= 15 is 0 Å². The number of carbonyl (C=O) groups is 2. The highest BCUT2D eigenvalue weighted by Gasteiger charge is 2.36. The Balaban J connectivity index is 1.56. The summed E-state index contributed by atoms with van der Waals surface area (Å²) >= 11 is 1.26. The van der Waals surface area contributed by atoms with Gasteiger partial charge < -0.3 is 5.32 Å². The number of amidine groups is 1. The van der Waals surface area contributed by atoms with Crippen LogP contribution in [0, 0.1) is 19.7 Å². The third-order valence-corrected chi connectivity index (χ3v) is 6.78. The third-order valence-electron chi connectivity index (χ3n) is 5.59. The van der Waals surface area contributed by atoms with Crippen molar-refractivity contribution in [2.24, 2.45) is 4.99 Å². The van der Waals surface area contributed by atoms with Crippen molar-refractivity contribution in [3.63, 3.8) is 0 Å². The number of benzene rings is 3. The van der Waals surface area contributed by atoms with E-state index in [1.807, 2.05) is 62.4 Å². The van der Waals surface area contributed by atoms with Gasteiger partial charge in [-0.25, -0.2) is 9.38 Å². The van der Waals surface area contributed by atoms with Crippen molar-refractivity contribution in [1.29, 1.82) is 0 Å². The lowest BCUT2D eigenvalue weighted by Gasteiger charge is -2.32. The van der Waals surface area contributed by atoms with Gasteiger partial charge in [0.05, 0.1) is 5.69 Å². The van der Waals surface area contributed by atoms with Crippen molar-refractivity contribution in [3.8, 4) is 0 Å². The van der Waals surface area contributed by atoms with Crippen LogP contribution in [0.1, 0.15) is 23.1 Å². The summed E-state index contributed by atoms with van der Waals surface area (Å²) in [4.78, 5) is 32.4. The van der Waals surface area contributed by atoms with E-state index < -0.39 is 5.25 Å². The zero-order valence-electron chi connectivity index (χ0n) is 19.1. The van der Waals surface area contributed by atoms with Crippen LogP contribution in [0.25, 0.3) is 0 Å². The van der Waals surface area contributed by atoms with Gasteiger partial charge in [0.15, 0.2) is 5.17 Å². The number of nitrogens with one attached hydrogen (secondary N) is 1. The molecular formula is C27H26FN3O2S. The molecule has 174 valence electrons. The number of hydrogen-bond acceptors (Lipinski definition) is 4. The van der Waals surface area contributed by atoms with Crippen LogP contribution in [0.2, 0.25) is 0 Å². The molecule has 0 radical (unpaired) electrons. The molecule has 0 spiro atoms. The fourth-order valence-corrected chi connectivity index (χ4v) is 4.86. The maximum atomic E-state index is 13.4. The normalized spacial score (nSPS) is 17.1. The average molecular weight is 476 g/mol. The molecule has 0 bridgehead atoms. The lowest BCUT2D eigenvalue weighted by Crippen LogP contribution is -2.46. The third kappa shape index (κ3) is 5.91. The molecule has 4 rings (SSSR count). The summed E-state index contributed by atoms with van der Waals surface area (Å²) in [6.07, 6.45) is 0.744. The Kier molecular flexibility index (Phi) is 7.43. The smallest absolute Gasteiger partial charge is 0.238 e. The monoisotopic (exact) mass is 475 g/mol. The highest BCUT2D eigenvalue weighted by atomic mass is 32.2. The van der Waals surface area contributed by atoms with Crippen molar-refractivity contribution in [2.75, 3.05) is 11.9 Å². The zero-order valence-corrected chi connectivity index (χ0v) is 19.9. The molecule has 1 N–H and O–H groups in total. The van der Waals surface area contributed by atoms with E-state index in [0.717, 1.165) is 22.4 Å². The quantitative estimate of drug-likeness (QED) is 0.501. The van der Waals surface area contributed by atoms with Gasteiger partial charge in [-0.1, -0.05) is 59.8 Å². The largest absolute Gasteiger partial charge is 0.325 e. The van der Waals surface area contributed by atoms with Crippen molar-refractivity contribution < 1.29 is 14.0 Å². The van der Waals surface area contributed by atoms with Crippen molar-refractivity contribution >= 4 is 40.1 Å². The Bertz CT molecular complexity index is 1210. The van der Waals surface area contributed by atoms with E-state index in [0.29, 0.717) is 23.8 Å². The van der Waals surface area contributed by atoms with Gasteiger partial charge >= 0.3 is 0 Å². The average Bonchev–Trinajstić information content (AvgIpc) is 2.82. The van der Waals surface area contributed by atoms with Gasteiger partial charge in [0.1, 0.15) is 11.1 Å². The number of thioether (sulfide) groups is 1. The van der Waals surface area contributed by atoms with E-state index in [9.17, 15) is 14.0 Å². The maximum Gasteiger partial charge on any atom is 0.238 e. The second-order valence-electron chi connectivity index (χ2n) is 8.27. The van der Waals surface area contributed by atoms with E-state index in [-0.39, 0.29) is 24.1 Å². The molecule has 5 nitrogen and oxygen atoms in total. The summed E-state index contributed by atoms with van der Waals surface area (Å²) in [5.41, 5.74) is 4.44. The first-order chi connectivity index (χ1) is 16.4. The van der Waals surface area contributed by atoms with E-state index in [1.54, 1.807) is 17.0 Å². The van der Waals surface area contributed by atoms with Crippen molar-refractivity contribution in [3.05, 3.63) is 95.3 Å². The minimum atomic E-state index is -0.611. The fourth-order valence-electron chi connectivity index (χ4n) is 3.74. The Morgan fingerprint density at radius 3 is 2.53 bits per heavy atom. The molecule has 1 aliphatic heterocycles. The van der Waals surface area contributed by atoms with Gasteiger partial charge in [-0.3, -0.25) is 14.5 Å². The Labute approximate surface area is 203 Å². The number of anilines is 1. The number of halogens is 1. The molecule has 0 aliphatic carbocycles. The van der Waals surface area contributed by atoms with Gasteiger partial charge in [0, 0.05) is 18.7 Å². The molecule has 2 amide bonds. The lowest BCUT2D eigenvalue weighted by molar-refractivity contribution is -0.129. The molecule has 1 heterocycles. The van der Waals surface area contributed by atoms with E-state index in [4.69, 9.17) is 0 Å². The highest BCUT2D eigenvalue weighted by molar-refractivity contribution is 8.15. The van der Waals surface area contributed by atoms with E-state index in [1.165, 1.54) is 23.9 Å². The number of rotatable bonds is 6. The lowest BCUT2D eigenvalue weighted by atomic mass is 10.1. The minimum Gasteiger partial charge on any atom is -0.325 e. The number of aryl methyl sites for hydroxylation is 2. The highest BCUT2D eigenvalue weighted by Crippen LogP contribution is 2.30. The topological polar surface area (TPSA) is 61.8 Å².